The van der Waals surface area contributed by atoms with Gasteiger partial charge in [0.2, 0.25) is 5.95 Å². The summed E-state index contributed by atoms with van der Waals surface area (Å²) in [5.41, 5.74) is 2.62. The van der Waals surface area contributed by atoms with Crippen molar-refractivity contribution < 1.29 is 4.79 Å². The lowest BCUT2D eigenvalue weighted by atomic mass is 9.92. The summed E-state index contributed by atoms with van der Waals surface area (Å²) in [5, 5.41) is 16.2. The fourth-order valence-corrected chi connectivity index (χ4v) is 4.86. The predicted molar refractivity (Wildman–Crippen MR) is 145 cm³/mol. The van der Waals surface area contributed by atoms with Crippen LogP contribution in [0.15, 0.2) is 34.7 Å². The van der Waals surface area contributed by atoms with Crippen LogP contribution in [0.1, 0.15) is 64.3 Å². The van der Waals surface area contributed by atoms with E-state index >= 15 is 0 Å². The number of pyridine rings is 1. The van der Waals surface area contributed by atoms with Gasteiger partial charge in [0.1, 0.15) is 11.5 Å². The fraction of sp³-hybridized carbons (Fsp3) is 0.440. The Balaban J connectivity index is 1.37. The zero-order chi connectivity index (χ0) is 26.5. The van der Waals surface area contributed by atoms with Crippen molar-refractivity contribution in [3.63, 3.8) is 0 Å². The van der Waals surface area contributed by atoms with Crippen LogP contribution in [0.25, 0.3) is 16.7 Å². The van der Waals surface area contributed by atoms with Crippen molar-refractivity contribution in [2.24, 2.45) is 0 Å². The first kappa shape index (κ1) is 24.9. The molecule has 1 saturated carbocycles. The number of hydrogen-bond acceptors (Lipinski definition) is 8. The summed E-state index contributed by atoms with van der Waals surface area (Å²) in [7, 11) is 1.74. The molecule has 0 spiro atoms. The van der Waals surface area contributed by atoms with Crippen molar-refractivity contribution >= 4 is 40.4 Å². The van der Waals surface area contributed by atoms with E-state index in [1.54, 1.807) is 28.7 Å². The van der Waals surface area contributed by atoms with Gasteiger partial charge < -0.3 is 10.6 Å². The highest BCUT2D eigenvalue weighted by atomic mass is 32.1. The van der Waals surface area contributed by atoms with Crippen LogP contribution in [-0.4, -0.2) is 47.8 Å². The van der Waals surface area contributed by atoms with Gasteiger partial charge in [-0.05, 0) is 37.9 Å². The van der Waals surface area contributed by atoms with Crippen molar-refractivity contribution in [3.05, 3.63) is 51.5 Å². The van der Waals surface area contributed by atoms with Crippen LogP contribution in [0.2, 0.25) is 0 Å². The zero-order valence-corrected chi connectivity index (χ0v) is 22.6. The minimum absolute atomic E-state index is 0.0762. The molecule has 3 N–H and O–H groups in total. The third-order valence-corrected chi connectivity index (χ3v) is 7.00. The topological polar surface area (TPSA) is 132 Å². The molecule has 2 unspecified atom stereocenters. The molecule has 0 aromatic carbocycles. The van der Waals surface area contributed by atoms with Crippen LogP contribution in [0.5, 0.6) is 0 Å². The Labute approximate surface area is 218 Å². The molecule has 2 amide bonds. The average Bonchev–Trinajstić information content (AvgIpc) is 3.20. The van der Waals surface area contributed by atoms with Crippen molar-refractivity contribution in [1.82, 2.24) is 34.0 Å². The Morgan fingerprint density at radius 1 is 1.22 bits per heavy atom. The maximum absolute atomic E-state index is 13.4. The standard InChI is InChI=1S/C25H31N9O2S/c1-13(2)33-21-14(10-27-23(26-6)31-21)7-17(22(33)35)16-8-18(16)29-24(36)30-20-9-19(25(3,4)5)32-34(20)15-11-28-37-12-15/h7,9-13,16,18H,8H2,1-6H3,(H,26,27,31)(H2,29,30,36). The first-order valence-electron chi connectivity index (χ1n) is 12.2. The van der Waals surface area contributed by atoms with Crippen LogP contribution in [-0.2, 0) is 5.41 Å². The predicted octanol–water partition coefficient (Wildman–Crippen LogP) is 4.03. The number of anilines is 2. The Morgan fingerprint density at radius 3 is 2.65 bits per heavy atom. The molecule has 0 radical (unpaired) electrons. The summed E-state index contributed by atoms with van der Waals surface area (Å²) >= 11 is 1.32. The minimum Gasteiger partial charge on any atom is -0.357 e. The molecule has 0 bridgehead atoms. The van der Waals surface area contributed by atoms with E-state index in [1.807, 2.05) is 31.4 Å². The first-order valence-corrected chi connectivity index (χ1v) is 13.1. The Morgan fingerprint density at radius 2 is 2.00 bits per heavy atom. The van der Waals surface area contributed by atoms with Crippen LogP contribution in [0.3, 0.4) is 0 Å². The molecule has 12 heteroatoms. The summed E-state index contributed by atoms with van der Waals surface area (Å²) in [6, 6.07) is 3.17. The number of carbonyl (C=O) groups excluding carboxylic acids is 1. The number of urea groups is 1. The molecular weight excluding hydrogens is 490 g/mol. The Hall–Kier alpha value is -3.80. The Kier molecular flexibility index (Phi) is 6.22. The van der Waals surface area contributed by atoms with E-state index in [-0.39, 0.29) is 35.0 Å². The van der Waals surface area contributed by atoms with Gasteiger partial charge >= 0.3 is 6.03 Å². The fourth-order valence-electron chi connectivity index (χ4n) is 4.36. The number of nitrogens with one attached hydrogen (secondary N) is 3. The smallest absolute Gasteiger partial charge is 0.320 e. The molecule has 5 rings (SSSR count). The number of hydrogen-bond donors (Lipinski definition) is 3. The molecule has 4 aromatic heterocycles. The number of fused-ring (bicyclic) bond motifs is 1. The second kappa shape index (κ2) is 9.25. The third-order valence-electron chi connectivity index (χ3n) is 6.43. The number of rotatable bonds is 6. The van der Waals surface area contributed by atoms with E-state index in [9.17, 15) is 9.59 Å². The minimum atomic E-state index is -0.343. The highest BCUT2D eigenvalue weighted by Crippen LogP contribution is 2.40. The molecule has 0 saturated heterocycles. The van der Waals surface area contributed by atoms with Crippen molar-refractivity contribution in [2.45, 2.75) is 64.5 Å². The highest BCUT2D eigenvalue weighted by Gasteiger charge is 2.42. The largest absolute Gasteiger partial charge is 0.357 e. The number of carbonyl (C=O) groups is 1. The SMILES string of the molecule is CNc1ncc2cc(C3CC3NC(=O)Nc3cc(C(C)(C)C)nn3-c3cnsc3)c(=O)n(C(C)C)c2n1. The van der Waals surface area contributed by atoms with E-state index in [0.29, 0.717) is 29.4 Å². The van der Waals surface area contributed by atoms with E-state index in [4.69, 9.17) is 5.10 Å². The molecule has 194 valence electrons. The summed E-state index contributed by atoms with van der Waals surface area (Å²) in [4.78, 5) is 35.2. The Bertz CT molecular complexity index is 1520. The van der Waals surface area contributed by atoms with E-state index in [1.165, 1.54) is 11.5 Å². The van der Waals surface area contributed by atoms with Gasteiger partial charge in [0, 0.05) is 59.1 Å². The average molecular weight is 522 g/mol. The van der Waals surface area contributed by atoms with Gasteiger partial charge in [-0.15, -0.1) is 0 Å². The zero-order valence-electron chi connectivity index (χ0n) is 21.7. The quantitative estimate of drug-likeness (QED) is 0.349. The molecule has 4 heterocycles. The van der Waals surface area contributed by atoms with Crippen LogP contribution >= 0.6 is 11.5 Å². The van der Waals surface area contributed by atoms with Gasteiger partial charge in [0.15, 0.2) is 0 Å². The maximum Gasteiger partial charge on any atom is 0.320 e. The molecule has 0 aliphatic heterocycles. The van der Waals surface area contributed by atoms with Crippen molar-refractivity contribution in [3.8, 4) is 5.69 Å². The lowest BCUT2D eigenvalue weighted by Crippen LogP contribution is -2.33. The lowest BCUT2D eigenvalue weighted by molar-refractivity contribution is 0.251. The molecule has 1 fully saturated rings. The maximum atomic E-state index is 13.4. The number of amides is 2. The molecule has 37 heavy (non-hydrogen) atoms. The third kappa shape index (κ3) is 4.80. The van der Waals surface area contributed by atoms with Crippen LogP contribution in [0.4, 0.5) is 16.6 Å². The second-order valence-electron chi connectivity index (χ2n) is 10.6. The second-order valence-corrected chi connectivity index (χ2v) is 11.3. The monoisotopic (exact) mass is 521 g/mol. The summed E-state index contributed by atoms with van der Waals surface area (Å²) < 4.78 is 7.55. The van der Waals surface area contributed by atoms with Gasteiger partial charge in [-0.25, -0.2) is 14.5 Å². The van der Waals surface area contributed by atoms with Crippen LogP contribution in [0, 0.1) is 0 Å². The van der Waals surface area contributed by atoms with Gasteiger partial charge in [0.25, 0.3) is 5.56 Å². The lowest BCUT2D eigenvalue weighted by Gasteiger charge is -2.16. The van der Waals surface area contributed by atoms with Gasteiger partial charge in [-0.3, -0.25) is 14.7 Å². The van der Waals surface area contributed by atoms with E-state index in [0.717, 1.165) is 16.8 Å². The first-order chi connectivity index (χ1) is 17.6. The van der Waals surface area contributed by atoms with Crippen molar-refractivity contribution in [2.75, 3.05) is 17.7 Å². The number of nitrogens with zero attached hydrogens (tertiary/aromatic N) is 6. The van der Waals surface area contributed by atoms with Gasteiger partial charge in [-0.1, -0.05) is 20.8 Å². The summed E-state index contributed by atoms with van der Waals surface area (Å²) in [6.45, 7) is 10.1. The summed E-state index contributed by atoms with van der Waals surface area (Å²) in [5.74, 6) is 0.946. The molecule has 1 aliphatic carbocycles. The number of aromatic nitrogens is 6. The molecular formula is C25H31N9O2S. The molecule has 2 atom stereocenters. The van der Waals surface area contributed by atoms with E-state index < -0.39 is 0 Å². The molecule has 4 aromatic rings. The summed E-state index contributed by atoms with van der Waals surface area (Å²) in [6.07, 6.45) is 4.12. The van der Waals surface area contributed by atoms with E-state index in [2.05, 4.69) is 51.1 Å². The van der Waals surface area contributed by atoms with Crippen molar-refractivity contribution in [1.29, 1.82) is 0 Å². The van der Waals surface area contributed by atoms with Gasteiger partial charge in [0.05, 0.1) is 17.6 Å². The van der Waals surface area contributed by atoms with Crippen LogP contribution < -0.4 is 21.5 Å². The normalized spacial score (nSPS) is 17.3. The molecule has 11 nitrogen and oxygen atoms in total. The van der Waals surface area contributed by atoms with Gasteiger partial charge in [-0.2, -0.15) is 14.5 Å². The molecule has 1 aliphatic rings. The highest BCUT2D eigenvalue weighted by molar-refractivity contribution is 7.03.